The average Bonchev–Trinajstić information content (AvgIpc) is 2.95. The number of carbonyl (C=O) groups excluding carboxylic acids is 1. The second-order valence-corrected chi connectivity index (χ2v) is 7.15. The highest BCUT2D eigenvalue weighted by Gasteiger charge is 2.22. The molecule has 0 atom stereocenters. The van der Waals surface area contributed by atoms with Crippen LogP contribution >= 0.6 is 34.5 Å². The fraction of sp³-hybridized carbons (Fsp3) is 0.357. The molecule has 2 aromatic rings. The minimum absolute atomic E-state index is 0.119. The van der Waals surface area contributed by atoms with Crippen molar-refractivity contribution in [2.45, 2.75) is 6.92 Å². The fourth-order valence-corrected chi connectivity index (χ4v) is 3.25. The van der Waals surface area contributed by atoms with Gasteiger partial charge in [-0.2, -0.15) is 0 Å². The maximum atomic E-state index is 12.2. The van der Waals surface area contributed by atoms with Crippen LogP contribution < -0.4 is 10.2 Å². The van der Waals surface area contributed by atoms with Gasteiger partial charge in [0.25, 0.3) is 0 Å². The Morgan fingerprint density at radius 1 is 1.22 bits per heavy atom. The minimum Gasteiger partial charge on any atom is -0.367 e. The number of aryl methyl sites for hydroxylation is 1. The van der Waals surface area contributed by atoms with Crippen LogP contribution in [-0.4, -0.2) is 47.1 Å². The maximum absolute atomic E-state index is 12.2. The molecule has 3 heterocycles. The van der Waals surface area contributed by atoms with Gasteiger partial charge in [-0.3, -0.25) is 5.32 Å². The van der Waals surface area contributed by atoms with E-state index >= 15 is 0 Å². The standard InChI is InChI=1S/C14H15Cl2N5OS/c1-9-7-18-13(23-9)19-14(22)21-4-2-20(3-5-21)10-6-11(15)12(16)17-8-10/h6-8H,2-5H2,1H3,(H,18,19,22). The number of rotatable bonds is 2. The van der Waals surface area contributed by atoms with Crippen molar-refractivity contribution in [3.05, 3.63) is 33.5 Å². The van der Waals surface area contributed by atoms with E-state index in [1.54, 1.807) is 23.4 Å². The summed E-state index contributed by atoms with van der Waals surface area (Å²) in [5.74, 6) is 0. The lowest BCUT2D eigenvalue weighted by molar-refractivity contribution is 0.208. The molecule has 1 saturated heterocycles. The van der Waals surface area contributed by atoms with Crippen LogP contribution in [0.3, 0.4) is 0 Å². The lowest BCUT2D eigenvalue weighted by Crippen LogP contribution is -2.50. The topological polar surface area (TPSA) is 61.4 Å². The van der Waals surface area contributed by atoms with Gasteiger partial charge < -0.3 is 9.80 Å². The van der Waals surface area contributed by atoms with Gasteiger partial charge in [-0.1, -0.05) is 23.2 Å². The summed E-state index contributed by atoms with van der Waals surface area (Å²) in [6.07, 6.45) is 3.44. The van der Waals surface area contributed by atoms with E-state index in [-0.39, 0.29) is 6.03 Å². The monoisotopic (exact) mass is 371 g/mol. The van der Waals surface area contributed by atoms with Crippen LogP contribution in [0.4, 0.5) is 15.6 Å². The molecular formula is C14H15Cl2N5OS. The third-order valence-electron chi connectivity index (χ3n) is 3.55. The Morgan fingerprint density at radius 3 is 2.57 bits per heavy atom. The molecule has 3 rings (SSSR count). The van der Waals surface area contributed by atoms with Crippen molar-refractivity contribution in [3.63, 3.8) is 0 Å². The molecule has 122 valence electrons. The Balaban J connectivity index is 1.57. The summed E-state index contributed by atoms with van der Waals surface area (Å²) < 4.78 is 0. The molecule has 1 aliphatic heterocycles. The number of nitrogens with one attached hydrogen (secondary N) is 1. The summed E-state index contributed by atoms with van der Waals surface area (Å²) in [5.41, 5.74) is 0.912. The van der Waals surface area contributed by atoms with E-state index in [4.69, 9.17) is 23.2 Å². The van der Waals surface area contributed by atoms with Crippen LogP contribution in [0.2, 0.25) is 10.2 Å². The Morgan fingerprint density at radius 2 is 1.96 bits per heavy atom. The van der Waals surface area contributed by atoms with Crippen molar-refractivity contribution in [3.8, 4) is 0 Å². The van der Waals surface area contributed by atoms with Gasteiger partial charge in [-0.15, -0.1) is 11.3 Å². The molecule has 1 fully saturated rings. The predicted octanol–water partition coefficient (Wildman–Crippen LogP) is 3.51. The molecule has 9 heteroatoms. The van der Waals surface area contributed by atoms with Crippen molar-refractivity contribution >= 4 is 51.4 Å². The van der Waals surface area contributed by atoms with Crippen LogP contribution in [-0.2, 0) is 0 Å². The van der Waals surface area contributed by atoms with Crippen molar-refractivity contribution in [1.29, 1.82) is 0 Å². The maximum Gasteiger partial charge on any atom is 0.323 e. The highest BCUT2D eigenvalue weighted by Crippen LogP contribution is 2.25. The molecule has 0 saturated carbocycles. The number of piperazine rings is 1. The Hall–Kier alpha value is -1.57. The SMILES string of the molecule is Cc1cnc(NC(=O)N2CCN(c3cnc(Cl)c(Cl)c3)CC2)s1. The Bertz CT molecular complexity index is 715. The molecule has 1 aliphatic rings. The Labute approximate surface area is 148 Å². The van der Waals surface area contributed by atoms with Crippen molar-refractivity contribution in [2.75, 3.05) is 36.4 Å². The van der Waals surface area contributed by atoms with Gasteiger partial charge in [0.05, 0.1) is 16.9 Å². The summed E-state index contributed by atoms with van der Waals surface area (Å²) >= 11 is 13.3. The van der Waals surface area contributed by atoms with Gasteiger partial charge in [-0.25, -0.2) is 14.8 Å². The zero-order valence-corrected chi connectivity index (χ0v) is 14.8. The number of halogens is 2. The van der Waals surface area contributed by atoms with E-state index in [2.05, 4.69) is 20.2 Å². The first kappa shape index (κ1) is 16.3. The molecule has 0 aromatic carbocycles. The van der Waals surface area contributed by atoms with Crippen LogP contribution in [0.1, 0.15) is 4.88 Å². The first-order valence-corrected chi connectivity index (χ1v) is 8.64. The van der Waals surface area contributed by atoms with E-state index in [1.807, 2.05) is 6.92 Å². The average molecular weight is 372 g/mol. The number of carbonyl (C=O) groups is 1. The largest absolute Gasteiger partial charge is 0.367 e. The van der Waals surface area contributed by atoms with Crippen LogP contribution in [0.5, 0.6) is 0 Å². The molecule has 23 heavy (non-hydrogen) atoms. The Kier molecular flexibility index (Phi) is 4.89. The van der Waals surface area contributed by atoms with Gasteiger partial charge in [0.1, 0.15) is 5.15 Å². The number of aromatic nitrogens is 2. The van der Waals surface area contributed by atoms with Crippen molar-refractivity contribution < 1.29 is 4.79 Å². The molecule has 2 amide bonds. The third-order valence-corrected chi connectivity index (χ3v) is 5.06. The van der Waals surface area contributed by atoms with Crippen LogP contribution in [0, 0.1) is 6.92 Å². The summed E-state index contributed by atoms with van der Waals surface area (Å²) in [6, 6.07) is 1.68. The molecular weight excluding hydrogens is 357 g/mol. The van der Waals surface area contributed by atoms with E-state index < -0.39 is 0 Å². The molecule has 0 bridgehead atoms. The number of thiazole rings is 1. The molecule has 0 spiro atoms. The first-order chi connectivity index (χ1) is 11.0. The van der Waals surface area contributed by atoms with Crippen molar-refractivity contribution in [2.24, 2.45) is 0 Å². The third kappa shape index (κ3) is 3.85. The predicted molar refractivity (Wildman–Crippen MR) is 93.9 cm³/mol. The number of amides is 2. The smallest absolute Gasteiger partial charge is 0.323 e. The van der Waals surface area contributed by atoms with Gasteiger partial charge in [-0.05, 0) is 13.0 Å². The number of anilines is 2. The summed E-state index contributed by atoms with van der Waals surface area (Å²) in [5, 5.41) is 4.19. The number of hydrogen-bond acceptors (Lipinski definition) is 5. The van der Waals surface area contributed by atoms with E-state index in [0.717, 1.165) is 10.6 Å². The highest BCUT2D eigenvalue weighted by molar-refractivity contribution is 7.15. The highest BCUT2D eigenvalue weighted by atomic mass is 35.5. The normalized spacial score (nSPS) is 14.9. The van der Waals surface area contributed by atoms with E-state index in [0.29, 0.717) is 41.5 Å². The number of pyridine rings is 1. The molecule has 2 aromatic heterocycles. The fourth-order valence-electron chi connectivity index (χ4n) is 2.33. The minimum atomic E-state index is -0.119. The number of nitrogens with zero attached hydrogens (tertiary/aromatic N) is 4. The van der Waals surface area contributed by atoms with Gasteiger partial charge >= 0.3 is 6.03 Å². The van der Waals surface area contributed by atoms with Crippen LogP contribution in [0.25, 0.3) is 0 Å². The quantitative estimate of drug-likeness (QED) is 0.820. The molecule has 1 N–H and O–H groups in total. The summed E-state index contributed by atoms with van der Waals surface area (Å²) in [6.45, 7) is 4.62. The molecule has 0 aliphatic carbocycles. The molecule has 0 unspecified atom stereocenters. The van der Waals surface area contributed by atoms with E-state index in [9.17, 15) is 4.79 Å². The zero-order valence-electron chi connectivity index (χ0n) is 12.4. The number of urea groups is 1. The second kappa shape index (κ2) is 6.90. The van der Waals surface area contributed by atoms with Crippen molar-refractivity contribution in [1.82, 2.24) is 14.9 Å². The molecule has 0 radical (unpaired) electrons. The first-order valence-electron chi connectivity index (χ1n) is 7.07. The molecule has 6 nitrogen and oxygen atoms in total. The number of hydrogen-bond donors (Lipinski definition) is 1. The van der Waals surface area contributed by atoms with Gasteiger partial charge in [0.15, 0.2) is 5.13 Å². The summed E-state index contributed by atoms with van der Waals surface area (Å²) in [4.78, 5) is 25.4. The zero-order chi connectivity index (χ0) is 16.4. The van der Waals surface area contributed by atoms with Gasteiger partial charge in [0.2, 0.25) is 0 Å². The lowest BCUT2D eigenvalue weighted by Gasteiger charge is -2.35. The second-order valence-electron chi connectivity index (χ2n) is 5.15. The van der Waals surface area contributed by atoms with Crippen LogP contribution in [0.15, 0.2) is 18.5 Å². The summed E-state index contributed by atoms with van der Waals surface area (Å²) in [7, 11) is 0. The van der Waals surface area contributed by atoms with Gasteiger partial charge in [0, 0.05) is 37.3 Å². The lowest BCUT2D eigenvalue weighted by atomic mass is 10.3. The van der Waals surface area contributed by atoms with E-state index in [1.165, 1.54) is 11.3 Å².